The van der Waals surface area contributed by atoms with Crippen molar-refractivity contribution >= 4 is 27.3 Å². The van der Waals surface area contributed by atoms with E-state index in [2.05, 4.69) is 10.0 Å². The summed E-state index contributed by atoms with van der Waals surface area (Å²) >= 11 is 0. The van der Waals surface area contributed by atoms with Gasteiger partial charge in [-0.15, -0.1) is 0 Å². The first-order valence-electron chi connectivity index (χ1n) is 8.53. The van der Waals surface area contributed by atoms with Crippen LogP contribution in [0.1, 0.15) is 15.9 Å². The monoisotopic (exact) mass is 396 g/mol. The third kappa shape index (κ3) is 4.50. The largest absolute Gasteiger partial charge is 0.497 e. The molecule has 3 aromatic rings. The maximum absolute atomic E-state index is 12.6. The molecule has 0 aliphatic carbocycles. The third-order valence-corrected chi connectivity index (χ3v) is 5.54. The fourth-order valence-corrected chi connectivity index (χ4v) is 3.64. The van der Waals surface area contributed by atoms with Crippen LogP contribution in [-0.4, -0.2) is 21.4 Å². The second kappa shape index (κ2) is 8.14. The molecule has 0 atom stereocenters. The van der Waals surface area contributed by atoms with Gasteiger partial charge in [0.25, 0.3) is 15.9 Å². The lowest BCUT2D eigenvalue weighted by atomic mass is 10.1. The second-order valence-electron chi connectivity index (χ2n) is 6.13. The van der Waals surface area contributed by atoms with E-state index in [1.54, 1.807) is 24.3 Å². The van der Waals surface area contributed by atoms with Crippen molar-refractivity contribution in [1.29, 1.82) is 0 Å². The van der Waals surface area contributed by atoms with E-state index in [4.69, 9.17) is 4.74 Å². The molecule has 0 heterocycles. The molecule has 0 spiro atoms. The maximum Gasteiger partial charge on any atom is 0.261 e. The van der Waals surface area contributed by atoms with Gasteiger partial charge in [0.15, 0.2) is 0 Å². The summed E-state index contributed by atoms with van der Waals surface area (Å²) in [5.74, 6) is 0.238. The van der Waals surface area contributed by atoms with E-state index in [1.807, 2.05) is 31.2 Å². The average Bonchev–Trinajstić information content (AvgIpc) is 2.69. The van der Waals surface area contributed by atoms with E-state index in [1.165, 1.54) is 31.4 Å². The highest BCUT2D eigenvalue weighted by molar-refractivity contribution is 7.92. The molecule has 28 heavy (non-hydrogen) atoms. The minimum Gasteiger partial charge on any atom is -0.497 e. The standard InChI is InChI=1S/C21H20N2O4S/c1-15-6-3-4-9-20(15)22-21(24)16-10-12-19(13-11-16)28(25,26)23-17-7-5-8-18(14-17)27-2/h3-14,23H,1-2H3,(H,22,24). The molecule has 0 aromatic heterocycles. The van der Waals surface area contributed by atoms with Crippen LogP contribution in [0.4, 0.5) is 11.4 Å². The van der Waals surface area contributed by atoms with E-state index < -0.39 is 10.0 Å². The Kier molecular flexibility index (Phi) is 5.65. The molecule has 1 amide bonds. The fourth-order valence-electron chi connectivity index (χ4n) is 2.59. The van der Waals surface area contributed by atoms with Gasteiger partial charge in [-0.3, -0.25) is 9.52 Å². The van der Waals surface area contributed by atoms with E-state index in [0.717, 1.165) is 5.56 Å². The van der Waals surface area contributed by atoms with Crippen molar-refractivity contribution in [3.05, 3.63) is 83.9 Å². The second-order valence-corrected chi connectivity index (χ2v) is 7.81. The van der Waals surface area contributed by atoms with Crippen LogP contribution in [0.3, 0.4) is 0 Å². The zero-order chi connectivity index (χ0) is 20.1. The van der Waals surface area contributed by atoms with Crippen molar-refractivity contribution in [1.82, 2.24) is 0 Å². The predicted molar refractivity (Wildman–Crippen MR) is 109 cm³/mol. The number of carbonyl (C=O) groups excluding carboxylic acids is 1. The molecule has 6 nitrogen and oxygen atoms in total. The van der Waals surface area contributed by atoms with E-state index in [9.17, 15) is 13.2 Å². The lowest BCUT2D eigenvalue weighted by molar-refractivity contribution is 0.102. The SMILES string of the molecule is COc1cccc(NS(=O)(=O)c2ccc(C(=O)Nc3ccccc3C)cc2)c1. The van der Waals surface area contributed by atoms with Crippen molar-refractivity contribution in [3.8, 4) is 5.75 Å². The first kappa shape index (κ1) is 19.4. The molecule has 0 saturated carbocycles. The lowest BCUT2D eigenvalue weighted by Crippen LogP contribution is -2.15. The van der Waals surface area contributed by atoms with Crippen molar-refractivity contribution in [3.63, 3.8) is 0 Å². The molecule has 0 aliphatic heterocycles. The summed E-state index contributed by atoms with van der Waals surface area (Å²) in [6.45, 7) is 1.90. The number of aryl methyl sites for hydroxylation is 1. The summed E-state index contributed by atoms with van der Waals surface area (Å²) in [4.78, 5) is 12.5. The highest BCUT2D eigenvalue weighted by Crippen LogP contribution is 2.21. The molecule has 144 valence electrons. The first-order valence-corrected chi connectivity index (χ1v) is 10.0. The van der Waals surface area contributed by atoms with Gasteiger partial charge < -0.3 is 10.1 Å². The van der Waals surface area contributed by atoms with E-state index >= 15 is 0 Å². The van der Waals surface area contributed by atoms with Gasteiger partial charge >= 0.3 is 0 Å². The average molecular weight is 396 g/mol. The summed E-state index contributed by atoms with van der Waals surface area (Å²) in [5, 5.41) is 2.82. The number of rotatable bonds is 6. The van der Waals surface area contributed by atoms with Gasteiger partial charge in [0.2, 0.25) is 0 Å². The number of ether oxygens (including phenoxy) is 1. The minimum atomic E-state index is -3.78. The van der Waals surface area contributed by atoms with Crippen molar-refractivity contribution < 1.29 is 17.9 Å². The Morgan fingerprint density at radius 3 is 2.32 bits per heavy atom. The van der Waals surface area contributed by atoms with Crippen molar-refractivity contribution in [2.24, 2.45) is 0 Å². The summed E-state index contributed by atoms with van der Waals surface area (Å²) < 4.78 is 32.7. The maximum atomic E-state index is 12.6. The zero-order valence-corrected chi connectivity index (χ0v) is 16.3. The number of methoxy groups -OCH3 is 1. The van der Waals surface area contributed by atoms with Crippen LogP contribution in [0, 0.1) is 6.92 Å². The van der Waals surface area contributed by atoms with Crippen LogP contribution in [0.2, 0.25) is 0 Å². The Balaban J connectivity index is 1.75. The highest BCUT2D eigenvalue weighted by Gasteiger charge is 2.16. The molecule has 0 fully saturated rings. The third-order valence-electron chi connectivity index (χ3n) is 4.14. The normalized spacial score (nSPS) is 10.9. The molecular formula is C21H20N2O4S. The Morgan fingerprint density at radius 1 is 0.929 bits per heavy atom. The zero-order valence-electron chi connectivity index (χ0n) is 15.5. The summed E-state index contributed by atoms with van der Waals surface area (Å²) in [6.07, 6.45) is 0. The summed E-state index contributed by atoms with van der Waals surface area (Å²) in [5.41, 5.74) is 2.41. The molecular weight excluding hydrogens is 376 g/mol. The Labute approximate surface area is 164 Å². The van der Waals surface area contributed by atoms with E-state index in [-0.39, 0.29) is 10.8 Å². The summed E-state index contributed by atoms with van der Waals surface area (Å²) in [6, 6.07) is 19.8. The van der Waals surface area contributed by atoms with Gasteiger partial charge in [-0.05, 0) is 55.0 Å². The van der Waals surface area contributed by atoms with Gasteiger partial charge in [0.05, 0.1) is 17.7 Å². The number of nitrogens with one attached hydrogen (secondary N) is 2. The number of carbonyl (C=O) groups is 1. The van der Waals surface area contributed by atoms with Gasteiger partial charge in [0.1, 0.15) is 5.75 Å². The number of benzene rings is 3. The molecule has 3 aromatic carbocycles. The smallest absolute Gasteiger partial charge is 0.261 e. The molecule has 0 unspecified atom stereocenters. The van der Waals surface area contributed by atoms with Crippen LogP contribution in [0.5, 0.6) is 5.75 Å². The Bertz CT molecular complexity index is 1090. The van der Waals surface area contributed by atoms with Gasteiger partial charge in [0, 0.05) is 17.3 Å². The number of anilines is 2. The molecule has 7 heteroatoms. The number of hydrogen-bond donors (Lipinski definition) is 2. The van der Waals surface area contributed by atoms with E-state index in [0.29, 0.717) is 22.7 Å². The Morgan fingerprint density at radius 2 is 1.64 bits per heavy atom. The summed E-state index contributed by atoms with van der Waals surface area (Å²) in [7, 11) is -2.28. The van der Waals surface area contributed by atoms with Crippen LogP contribution in [0.15, 0.2) is 77.7 Å². The first-order chi connectivity index (χ1) is 13.4. The molecule has 0 bridgehead atoms. The predicted octanol–water partition coefficient (Wildman–Crippen LogP) is 4.06. The minimum absolute atomic E-state index is 0.0581. The van der Waals surface area contributed by atoms with Crippen LogP contribution < -0.4 is 14.8 Å². The number of amides is 1. The van der Waals surface area contributed by atoms with Gasteiger partial charge in [-0.1, -0.05) is 24.3 Å². The lowest BCUT2D eigenvalue weighted by Gasteiger charge is -2.11. The fraction of sp³-hybridized carbons (Fsp3) is 0.0952. The van der Waals surface area contributed by atoms with Crippen molar-refractivity contribution in [2.75, 3.05) is 17.1 Å². The highest BCUT2D eigenvalue weighted by atomic mass is 32.2. The quantitative estimate of drug-likeness (QED) is 0.658. The molecule has 0 saturated heterocycles. The van der Waals surface area contributed by atoms with Gasteiger partial charge in [-0.2, -0.15) is 0 Å². The number of sulfonamides is 1. The van der Waals surface area contributed by atoms with Crippen LogP contribution in [0.25, 0.3) is 0 Å². The Hall–Kier alpha value is -3.32. The molecule has 0 radical (unpaired) electrons. The molecule has 3 rings (SSSR count). The molecule has 0 aliphatic rings. The number of hydrogen-bond acceptors (Lipinski definition) is 4. The topological polar surface area (TPSA) is 84.5 Å². The van der Waals surface area contributed by atoms with Crippen LogP contribution >= 0.6 is 0 Å². The number of para-hydroxylation sites is 1. The van der Waals surface area contributed by atoms with Crippen LogP contribution in [-0.2, 0) is 10.0 Å². The van der Waals surface area contributed by atoms with Gasteiger partial charge in [-0.25, -0.2) is 8.42 Å². The molecule has 2 N–H and O–H groups in total. The van der Waals surface area contributed by atoms with Crippen molar-refractivity contribution in [2.45, 2.75) is 11.8 Å².